The van der Waals surface area contributed by atoms with Crippen LogP contribution in [0.2, 0.25) is 0 Å². The Labute approximate surface area is 141 Å². The molecule has 0 spiro atoms. The van der Waals surface area contributed by atoms with Crippen molar-refractivity contribution in [3.8, 4) is 0 Å². The number of carboxylic acids is 2. The number of benzene rings is 2. The van der Waals surface area contributed by atoms with Crippen molar-refractivity contribution in [3.63, 3.8) is 0 Å². The third kappa shape index (κ3) is 3.53. The van der Waals surface area contributed by atoms with Crippen LogP contribution in [-0.4, -0.2) is 27.1 Å². The van der Waals surface area contributed by atoms with Gasteiger partial charge >= 0.3 is 11.9 Å². The van der Waals surface area contributed by atoms with Crippen molar-refractivity contribution in [1.29, 1.82) is 0 Å². The molecular formula is C19H12FNO4. The SMILES string of the molecule is O=C(O)c1ccc(C=Cc2cc(C(=O)O)c3ccc(F)cc3n2)cc1. The predicted octanol–water partition coefficient (Wildman–Crippen LogP) is 3.94. The molecule has 0 saturated carbocycles. The number of aromatic nitrogens is 1. The summed E-state index contributed by atoms with van der Waals surface area (Å²) in [6.07, 6.45) is 3.26. The minimum atomic E-state index is -1.13. The van der Waals surface area contributed by atoms with Crippen LogP contribution in [0.4, 0.5) is 4.39 Å². The van der Waals surface area contributed by atoms with Gasteiger partial charge in [0.15, 0.2) is 0 Å². The standard InChI is InChI=1S/C19H12FNO4/c20-13-6-8-15-16(19(24)25)10-14(21-17(15)9-13)7-3-11-1-4-12(5-2-11)18(22)23/h1-10H,(H,22,23)(H,24,25). The molecule has 0 unspecified atom stereocenters. The van der Waals surface area contributed by atoms with Crippen molar-refractivity contribution in [2.75, 3.05) is 0 Å². The number of fused-ring (bicyclic) bond motifs is 1. The first-order chi connectivity index (χ1) is 11.9. The second-order valence-corrected chi connectivity index (χ2v) is 5.32. The van der Waals surface area contributed by atoms with E-state index in [4.69, 9.17) is 5.11 Å². The lowest BCUT2D eigenvalue weighted by Gasteiger charge is -2.04. The fourth-order valence-electron chi connectivity index (χ4n) is 2.40. The number of carbonyl (C=O) groups is 2. The van der Waals surface area contributed by atoms with Gasteiger partial charge in [-0.1, -0.05) is 18.2 Å². The van der Waals surface area contributed by atoms with Crippen molar-refractivity contribution in [1.82, 2.24) is 4.98 Å². The molecule has 0 saturated heterocycles. The summed E-state index contributed by atoms with van der Waals surface area (Å²) in [6.45, 7) is 0. The Kier molecular flexibility index (Phi) is 4.26. The van der Waals surface area contributed by atoms with Crippen molar-refractivity contribution >= 4 is 35.0 Å². The van der Waals surface area contributed by atoms with Gasteiger partial charge in [0.2, 0.25) is 0 Å². The zero-order chi connectivity index (χ0) is 18.0. The van der Waals surface area contributed by atoms with Gasteiger partial charge in [0.05, 0.1) is 22.3 Å². The van der Waals surface area contributed by atoms with E-state index in [1.54, 1.807) is 24.3 Å². The Balaban J connectivity index is 2.00. The topological polar surface area (TPSA) is 87.5 Å². The number of nitrogens with zero attached hydrogens (tertiary/aromatic N) is 1. The minimum absolute atomic E-state index is 0.0332. The third-order valence-electron chi connectivity index (χ3n) is 3.63. The predicted molar refractivity (Wildman–Crippen MR) is 91.0 cm³/mol. The Bertz CT molecular complexity index is 1010. The van der Waals surface area contributed by atoms with Crippen LogP contribution < -0.4 is 0 Å². The summed E-state index contributed by atoms with van der Waals surface area (Å²) in [5.74, 6) is -2.64. The lowest BCUT2D eigenvalue weighted by molar-refractivity contribution is 0.0687. The van der Waals surface area contributed by atoms with Crippen LogP contribution in [0.1, 0.15) is 32.0 Å². The van der Waals surface area contributed by atoms with Gasteiger partial charge in [0.25, 0.3) is 0 Å². The van der Waals surface area contributed by atoms with E-state index in [9.17, 15) is 19.1 Å². The fourth-order valence-corrected chi connectivity index (χ4v) is 2.40. The molecule has 1 aromatic heterocycles. The van der Waals surface area contributed by atoms with Crippen molar-refractivity contribution in [2.45, 2.75) is 0 Å². The molecule has 0 radical (unpaired) electrons. The van der Waals surface area contributed by atoms with Crippen LogP contribution >= 0.6 is 0 Å². The number of rotatable bonds is 4. The summed E-state index contributed by atoms with van der Waals surface area (Å²) in [4.78, 5) is 26.5. The quantitative estimate of drug-likeness (QED) is 0.753. The van der Waals surface area contributed by atoms with Gasteiger partial charge in [-0.25, -0.2) is 19.0 Å². The number of hydrogen-bond donors (Lipinski definition) is 2. The largest absolute Gasteiger partial charge is 0.478 e. The van der Waals surface area contributed by atoms with Crippen LogP contribution in [0, 0.1) is 5.82 Å². The molecule has 2 aromatic carbocycles. The number of aromatic carboxylic acids is 2. The molecule has 0 bridgehead atoms. The first-order valence-corrected chi connectivity index (χ1v) is 7.29. The molecule has 3 rings (SSSR count). The molecule has 0 atom stereocenters. The zero-order valence-corrected chi connectivity index (χ0v) is 12.8. The molecular weight excluding hydrogens is 325 g/mol. The first-order valence-electron chi connectivity index (χ1n) is 7.29. The summed E-state index contributed by atoms with van der Waals surface area (Å²) < 4.78 is 13.4. The summed E-state index contributed by atoms with van der Waals surface area (Å²) in [6, 6.07) is 11.3. The molecule has 0 aliphatic carbocycles. The molecule has 6 heteroatoms. The van der Waals surface area contributed by atoms with E-state index in [-0.39, 0.29) is 16.6 Å². The fraction of sp³-hybridized carbons (Fsp3) is 0. The normalized spacial score (nSPS) is 11.1. The monoisotopic (exact) mass is 337 g/mol. The van der Waals surface area contributed by atoms with E-state index in [1.165, 1.54) is 36.4 Å². The highest BCUT2D eigenvalue weighted by Crippen LogP contribution is 2.21. The molecule has 0 aliphatic heterocycles. The van der Waals surface area contributed by atoms with E-state index >= 15 is 0 Å². The minimum Gasteiger partial charge on any atom is -0.478 e. The van der Waals surface area contributed by atoms with E-state index in [0.717, 1.165) is 5.56 Å². The number of halogens is 1. The van der Waals surface area contributed by atoms with Gasteiger partial charge in [-0.15, -0.1) is 0 Å². The Morgan fingerprint density at radius 3 is 2.28 bits per heavy atom. The number of hydrogen-bond acceptors (Lipinski definition) is 3. The molecule has 124 valence electrons. The molecule has 0 aliphatic rings. The van der Waals surface area contributed by atoms with Gasteiger partial charge in [0.1, 0.15) is 5.82 Å². The van der Waals surface area contributed by atoms with E-state index in [1.807, 2.05) is 0 Å². The van der Waals surface area contributed by atoms with Gasteiger partial charge < -0.3 is 10.2 Å². The Morgan fingerprint density at radius 2 is 1.64 bits per heavy atom. The molecule has 25 heavy (non-hydrogen) atoms. The van der Waals surface area contributed by atoms with Crippen molar-refractivity contribution < 1.29 is 24.2 Å². The molecule has 3 aromatic rings. The maximum absolute atomic E-state index is 13.4. The lowest BCUT2D eigenvalue weighted by atomic mass is 10.1. The average Bonchev–Trinajstić information content (AvgIpc) is 2.59. The average molecular weight is 337 g/mol. The smallest absolute Gasteiger partial charge is 0.336 e. The van der Waals surface area contributed by atoms with Gasteiger partial charge in [-0.3, -0.25) is 0 Å². The Morgan fingerprint density at radius 1 is 0.920 bits per heavy atom. The van der Waals surface area contributed by atoms with Crippen molar-refractivity contribution in [3.05, 3.63) is 76.7 Å². The highest BCUT2D eigenvalue weighted by molar-refractivity contribution is 6.03. The molecule has 5 nitrogen and oxygen atoms in total. The molecule has 1 heterocycles. The summed E-state index contributed by atoms with van der Waals surface area (Å²) in [7, 11) is 0. The summed E-state index contributed by atoms with van der Waals surface area (Å²) >= 11 is 0. The summed E-state index contributed by atoms with van der Waals surface area (Å²) in [5.41, 5.74) is 1.54. The van der Waals surface area contributed by atoms with Crippen LogP contribution in [0.15, 0.2) is 48.5 Å². The van der Waals surface area contributed by atoms with E-state index in [2.05, 4.69) is 4.98 Å². The second-order valence-electron chi connectivity index (χ2n) is 5.32. The molecule has 0 fully saturated rings. The number of carboxylic acid groups (broad SMARTS) is 2. The summed E-state index contributed by atoms with van der Waals surface area (Å²) in [5, 5.41) is 18.6. The number of pyridine rings is 1. The third-order valence-corrected chi connectivity index (χ3v) is 3.63. The van der Waals surface area contributed by atoms with Crippen molar-refractivity contribution in [2.24, 2.45) is 0 Å². The van der Waals surface area contributed by atoms with Gasteiger partial charge in [0, 0.05) is 11.5 Å². The Hall–Kier alpha value is -3.54. The second kappa shape index (κ2) is 6.52. The van der Waals surface area contributed by atoms with Gasteiger partial charge in [-0.05, 0) is 42.0 Å². The maximum Gasteiger partial charge on any atom is 0.336 e. The maximum atomic E-state index is 13.4. The highest BCUT2D eigenvalue weighted by Gasteiger charge is 2.11. The van der Waals surface area contributed by atoms with Crippen LogP contribution in [0.25, 0.3) is 23.1 Å². The van der Waals surface area contributed by atoms with Crippen LogP contribution in [0.3, 0.4) is 0 Å². The zero-order valence-electron chi connectivity index (χ0n) is 12.8. The van der Waals surface area contributed by atoms with Crippen LogP contribution in [0.5, 0.6) is 0 Å². The lowest BCUT2D eigenvalue weighted by Crippen LogP contribution is -2.00. The van der Waals surface area contributed by atoms with Crippen LogP contribution in [-0.2, 0) is 0 Å². The van der Waals surface area contributed by atoms with E-state index in [0.29, 0.717) is 11.1 Å². The first kappa shape index (κ1) is 16.3. The molecule has 0 amide bonds. The molecule has 2 N–H and O–H groups in total. The van der Waals surface area contributed by atoms with Gasteiger partial charge in [-0.2, -0.15) is 0 Å². The highest BCUT2D eigenvalue weighted by atomic mass is 19.1. The van der Waals surface area contributed by atoms with E-state index < -0.39 is 17.8 Å².